The van der Waals surface area contributed by atoms with E-state index < -0.39 is 0 Å². The molecule has 0 unspecified atom stereocenters. The molecule has 4 nitrogen and oxygen atoms in total. The molecule has 2 aromatic carbocycles. The molecule has 134 valence electrons. The van der Waals surface area contributed by atoms with Gasteiger partial charge < -0.3 is 0 Å². The largest absolute Gasteiger partial charge is 0.294 e. The Kier molecular flexibility index (Phi) is 5.46. The van der Waals surface area contributed by atoms with Gasteiger partial charge in [-0.1, -0.05) is 43.7 Å². The molecule has 0 spiro atoms. The van der Waals surface area contributed by atoms with Gasteiger partial charge >= 0.3 is 0 Å². The Hall–Kier alpha value is -2.95. The first-order chi connectivity index (χ1) is 12.6. The number of benzene rings is 2. The molecule has 0 aliphatic carbocycles. The normalized spacial score (nSPS) is 11.7. The smallest absolute Gasteiger partial charge is 0.280 e. The van der Waals surface area contributed by atoms with Crippen LogP contribution in [0, 0.1) is 5.82 Å². The number of aromatic nitrogens is 2. The van der Waals surface area contributed by atoms with Gasteiger partial charge in [0.1, 0.15) is 5.82 Å². The Morgan fingerprint density at radius 3 is 2.46 bits per heavy atom. The summed E-state index contributed by atoms with van der Waals surface area (Å²) >= 11 is 0. The van der Waals surface area contributed by atoms with Gasteiger partial charge in [0, 0.05) is 11.4 Å². The van der Waals surface area contributed by atoms with Crippen LogP contribution in [-0.2, 0) is 13.0 Å². The number of nitrogens with zero attached hydrogens (tertiary/aromatic N) is 2. The first-order valence-corrected chi connectivity index (χ1v) is 8.75. The molecule has 0 aliphatic rings. The van der Waals surface area contributed by atoms with Gasteiger partial charge in [-0.3, -0.25) is 14.9 Å². The summed E-state index contributed by atoms with van der Waals surface area (Å²) in [6.07, 6.45) is 1.65. The summed E-state index contributed by atoms with van der Waals surface area (Å²) in [4.78, 5) is 17.6. The number of H-pyrrole nitrogens is 1. The van der Waals surface area contributed by atoms with Crippen LogP contribution in [0.4, 0.5) is 4.39 Å². The standard InChI is InChI=1S/C21H22FN3O/c1-3-7-19-20(15(2)23-14-16-8-5-4-6-9-16)21(26)25(24-19)18-12-10-17(22)11-13-18/h4-6,8-13,24H,3,7,14H2,1-2H3. The monoisotopic (exact) mass is 351 g/mol. The van der Waals surface area contributed by atoms with Crippen LogP contribution in [0.25, 0.3) is 5.69 Å². The third-order valence-electron chi connectivity index (χ3n) is 4.25. The third-order valence-corrected chi connectivity index (χ3v) is 4.25. The van der Waals surface area contributed by atoms with E-state index in [-0.39, 0.29) is 11.4 Å². The van der Waals surface area contributed by atoms with Crippen molar-refractivity contribution in [2.24, 2.45) is 4.99 Å². The predicted octanol–water partition coefficient (Wildman–Crippen LogP) is 4.27. The van der Waals surface area contributed by atoms with Gasteiger partial charge in [0.15, 0.2) is 0 Å². The van der Waals surface area contributed by atoms with Gasteiger partial charge in [-0.2, -0.15) is 0 Å². The lowest BCUT2D eigenvalue weighted by Crippen LogP contribution is -2.20. The van der Waals surface area contributed by atoms with Crippen molar-refractivity contribution < 1.29 is 4.39 Å². The van der Waals surface area contributed by atoms with Crippen molar-refractivity contribution in [2.75, 3.05) is 0 Å². The molecule has 0 saturated carbocycles. The average molecular weight is 351 g/mol. The highest BCUT2D eigenvalue weighted by Gasteiger charge is 2.17. The molecular formula is C21H22FN3O. The molecule has 1 aromatic heterocycles. The second kappa shape index (κ2) is 7.95. The van der Waals surface area contributed by atoms with E-state index in [1.807, 2.05) is 37.3 Å². The van der Waals surface area contributed by atoms with Gasteiger partial charge in [0.2, 0.25) is 0 Å². The zero-order valence-electron chi connectivity index (χ0n) is 15.0. The number of hydrogen-bond acceptors (Lipinski definition) is 2. The number of nitrogens with one attached hydrogen (secondary N) is 1. The fraction of sp³-hybridized carbons (Fsp3) is 0.238. The van der Waals surface area contributed by atoms with Crippen molar-refractivity contribution in [3.63, 3.8) is 0 Å². The number of aromatic amines is 1. The number of hydrogen-bond donors (Lipinski definition) is 1. The maximum atomic E-state index is 13.2. The highest BCUT2D eigenvalue weighted by atomic mass is 19.1. The molecule has 1 N–H and O–H groups in total. The van der Waals surface area contributed by atoms with E-state index in [0.717, 1.165) is 24.1 Å². The van der Waals surface area contributed by atoms with E-state index in [0.29, 0.717) is 23.5 Å². The van der Waals surface area contributed by atoms with Gasteiger partial charge in [-0.05, 0) is 43.2 Å². The van der Waals surface area contributed by atoms with E-state index >= 15 is 0 Å². The van der Waals surface area contributed by atoms with E-state index in [1.54, 1.807) is 12.1 Å². The van der Waals surface area contributed by atoms with Crippen LogP contribution in [-0.4, -0.2) is 15.5 Å². The fourth-order valence-electron chi connectivity index (χ4n) is 2.93. The maximum absolute atomic E-state index is 13.2. The van der Waals surface area contributed by atoms with Crippen LogP contribution < -0.4 is 5.56 Å². The number of aryl methyl sites for hydroxylation is 1. The van der Waals surface area contributed by atoms with Crippen molar-refractivity contribution in [2.45, 2.75) is 33.2 Å². The lowest BCUT2D eigenvalue weighted by Gasteiger charge is -2.01. The lowest BCUT2D eigenvalue weighted by molar-refractivity contribution is 0.626. The minimum atomic E-state index is -0.331. The Balaban J connectivity index is 1.99. The quantitative estimate of drug-likeness (QED) is 0.663. The Morgan fingerprint density at radius 1 is 1.12 bits per heavy atom. The summed E-state index contributed by atoms with van der Waals surface area (Å²) in [5.74, 6) is -0.331. The van der Waals surface area contributed by atoms with Gasteiger partial charge in [-0.15, -0.1) is 0 Å². The van der Waals surface area contributed by atoms with Crippen molar-refractivity contribution in [3.8, 4) is 5.69 Å². The average Bonchev–Trinajstić information content (AvgIpc) is 2.98. The van der Waals surface area contributed by atoms with Crippen LogP contribution in [0.15, 0.2) is 64.4 Å². The van der Waals surface area contributed by atoms with Crippen LogP contribution in [0.1, 0.15) is 37.1 Å². The minimum absolute atomic E-state index is 0.158. The van der Waals surface area contributed by atoms with Crippen molar-refractivity contribution in [1.29, 1.82) is 0 Å². The molecule has 0 bridgehead atoms. The number of rotatable bonds is 6. The molecule has 0 amide bonds. The Morgan fingerprint density at radius 2 is 1.81 bits per heavy atom. The van der Waals surface area contributed by atoms with Crippen LogP contribution in [0.2, 0.25) is 0 Å². The van der Waals surface area contributed by atoms with Crippen LogP contribution >= 0.6 is 0 Å². The summed E-state index contributed by atoms with van der Waals surface area (Å²) in [5, 5.41) is 3.17. The molecule has 0 aliphatic heterocycles. The SMILES string of the molecule is CCCc1[nH]n(-c2ccc(F)cc2)c(=O)c1C(C)=NCc1ccccc1. The minimum Gasteiger partial charge on any atom is -0.294 e. The summed E-state index contributed by atoms with van der Waals surface area (Å²) in [6.45, 7) is 4.45. The summed E-state index contributed by atoms with van der Waals surface area (Å²) < 4.78 is 14.6. The lowest BCUT2D eigenvalue weighted by atomic mass is 10.1. The van der Waals surface area contributed by atoms with E-state index in [9.17, 15) is 9.18 Å². The van der Waals surface area contributed by atoms with Crippen molar-refractivity contribution in [1.82, 2.24) is 9.78 Å². The van der Waals surface area contributed by atoms with Crippen molar-refractivity contribution in [3.05, 3.63) is 87.6 Å². The van der Waals surface area contributed by atoms with E-state index in [2.05, 4.69) is 17.0 Å². The first kappa shape index (κ1) is 17.9. The molecule has 5 heteroatoms. The first-order valence-electron chi connectivity index (χ1n) is 8.75. The third kappa shape index (κ3) is 3.82. The zero-order chi connectivity index (χ0) is 18.5. The van der Waals surface area contributed by atoms with Crippen LogP contribution in [0.5, 0.6) is 0 Å². The van der Waals surface area contributed by atoms with E-state index in [4.69, 9.17) is 0 Å². The summed E-state index contributed by atoms with van der Waals surface area (Å²) in [6, 6.07) is 15.8. The number of aliphatic imine (C=N–C) groups is 1. The fourth-order valence-corrected chi connectivity index (χ4v) is 2.93. The second-order valence-electron chi connectivity index (χ2n) is 6.22. The second-order valence-corrected chi connectivity index (χ2v) is 6.22. The van der Waals surface area contributed by atoms with E-state index in [1.165, 1.54) is 16.8 Å². The predicted molar refractivity (Wildman–Crippen MR) is 103 cm³/mol. The molecular weight excluding hydrogens is 329 g/mol. The molecule has 3 aromatic rings. The molecule has 0 saturated heterocycles. The zero-order valence-corrected chi connectivity index (χ0v) is 15.0. The van der Waals surface area contributed by atoms with Crippen LogP contribution in [0.3, 0.4) is 0 Å². The molecule has 0 radical (unpaired) electrons. The molecule has 26 heavy (non-hydrogen) atoms. The number of halogens is 1. The topological polar surface area (TPSA) is 50.1 Å². The van der Waals surface area contributed by atoms with Crippen molar-refractivity contribution >= 4 is 5.71 Å². The molecule has 1 heterocycles. The highest BCUT2D eigenvalue weighted by molar-refractivity contribution is 5.99. The molecule has 0 fully saturated rings. The van der Waals surface area contributed by atoms with Gasteiger partial charge in [0.25, 0.3) is 5.56 Å². The van der Waals surface area contributed by atoms with Gasteiger partial charge in [-0.25, -0.2) is 9.07 Å². The Bertz CT molecular complexity index is 953. The Labute approximate surface area is 152 Å². The summed E-state index contributed by atoms with van der Waals surface area (Å²) in [7, 11) is 0. The maximum Gasteiger partial charge on any atom is 0.280 e. The summed E-state index contributed by atoms with van der Waals surface area (Å²) in [5.41, 5.74) is 3.71. The highest BCUT2D eigenvalue weighted by Crippen LogP contribution is 2.12. The molecule has 0 atom stereocenters. The molecule has 3 rings (SSSR count). The van der Waals surface area contributed by atoms with Gasteiger partial charge in [0.05, 0.1) is 17.8 Å².